The molecule has 1 N–H and O–H groups in total. The highest BCUT2D eigenvalue weighted by atomic mass is 16.3. The molecule has 1 aromatic heterocycles. The SMILES string of the molecule is CCC(O)c1cn(CC(=O)N2CCCCCCC2)nn1. The molecule has 1 aromatic rings. The second-order valence-electron chi connectivity index (χ2n) is 5.41. The zero-order valence-corrected chi connectivity index (χ0v) is 12.2. The van der Waals surface area contributed by atoms with Crippen molar-refractivity contribution in [2.45, 2.75) is 58.1 Å². The van der Waals surface area contributed by atoms with Gasteiger partial charge in [-0.15, -0.1) is 5.10 Å². The Morgan fingerprint density at radius 2 is 1.95 bits per heavy atom. The molecule has 20 heavy (non-hydrogen) atoms. The summed E-state index contributed by atoms with van der Waals surface area (Å²) in [7, 11) is 0. The van der Waals surface area contributed by atoms with Crippen molar-refractivity contribution in [2.75, 3.05) is 13.1 Å². The summed E-state index contributed by atoms with van der Waals surface area (Å²) in [5, 5.41) is 17.5. The minimum atomic E-state index is -0.597. The van der Waals surface area contributed by atoms with Gasteiger partial charge in [-0.05, 0) is 19.3 Å². The minimum Gasteiger partial charge on any atom is -0.387 e. The fourth-order valence-corrected chi connectivity index (χ4v) is 2.49. The van der Waals surface area contributed by atoms with Crippen LogP contribution in [0, 0.1) is 0 Å². The molecular formula is C14H24N4O2. The fraction of sp³-hybridized carbons (Fsp3) is 0.786. The van der Waals surface area contributed by atoms with Crippen LogP contribution in [-0.4, -0.2) is 44.0 Å². The van der Waals surface area contributed by atoms with Crippen molar-refractivity contribution in [3.05, 3.63) is 11.9 Å². The number of hydrogen-bond donors (Lipinski definition) is 1. The average Bonchev–Trinajstić information content (AvgIpc) is 2.85. The number of aliphatic hydroxyl groups is 1. The second-order valence-corrected chi connectivity index (χ2v) is 5.41. The molecule has 6 heteroatoms. The number of aliphatic hydroxyl groups excluding tert-OH is 1. The zero-order chi connectivity index (χ0) is 14.4. The Balaban J connectivity index is 1.91. The van der Waals surface area contributed by atoms with Crippen molar-refractivity contribution < 1.29 is 9.90 Å². The molecular weight excluding hydrogens is 256 g/mol. The molecule has 1 atom stereocenters. The maximum atomic E-state index is 12.3. The first kappa shape index (κ1) is 15.0. The van der Waals surface area contributed by atoms with Crippen LogP contribution in [0.4, 0.5) is 0 Å². The minimum absolute atomic E-state index is 0.0920. The monoisotopic (exact) mass is 280 g/mol. The van der Waals surface area contributed by atoms with Crippen LogP contribution >= 0.6 is 0 Å². The van der Waals surface area contributed by atoms with E-state index in [-0.39, 0.29) is 12.5 Å². The van der Waals surface area contributed by atoms with Crippen molar-refractivity contribution >= 4 is 5.91 Å². The lowest BCUT2D eigenvalue weighted by molar-refractivity contribution is -0.132. The summed E-state index contributed by atoms with van der Waals surface area (Å²) in [6, 6.07) is 0. The van der Waals surface area contributed by atoms with Crippen molar-refractivity contribution in [3.63, 3.8) is 0 Å². The maximum Gasteiger partial charge on any atom is 0.244 e. The number of nitrogens with zero attached hydrogens (tertiary/aromatic N) is 4. The molecule has 0 saturated carbocycles. The Hall–Kier alpha value is -1.43. The van der Waals surface area contributed by atoms with Gasteiger partial charge in [-0.2, -0.15) is 0 Å². The van der Waals surface area contributed by atoms with Crippen LogP contribution in [0.25, 0.3) is 0 Å². The number of likely N-dealkylation sites (tertiary alicyclic amines) is 1. The van der Waals surface area contributed by atoms with Gasteiger partial charge in [-0.1, -0.05) is 31.4 Å². The summed E-state index contributed by atoms with van der Waals surface area (Å²) in [6.07, 6.45) is 7.53. The highest BCUT2D eigenvalue weighted by Crippen LogP contribution is 2.13. The Kier molecular flexibility index (Phi) is 5.52. The summed E-state index contributed by atoms with van der Waals surface area (Å²) in [5.41, 5.74) is 0.535. The van der Waals surface area contributed by atoms with E-state index >= 15 is 0 Å². The molecule has 0 bridgehead atoms. The molecule has 6 nitrogen and oxygen atoms in total. The molecule has 1 amide bonds. The zero-order valence-electron chi connectivity index (χ0n) is 12.2. The molecule has 1 unspecified atom stereocenters. The Morgan fingerprint density at radius 1 is 1.30 bits per heavy atom. The second kappa shape index (κ2) is 7.38. The van der Waals surface area contributed by atoms with Gasteiger partial charge >= 0.3 is 0 Å². The van der Waals surface area contributed by atoms with Gasteiger partial charge in [-0.25, -0.2) is 4.68 Å². The highest BCUT2D eigenvalue weighted by molar-refractivity contribution is 5.75. The first-order chi connectivity index (χ1) is 9.70. The molecule has 2 heterocycles. The molecule has 2 rings (SSSR count). The molecule has 0 aromatic carbocycles. The third kappa shape index (κ3) is 4.03. The van der Waals surface area contributed by atoms with Gasteiger partial charge in [-0.3, -0.25) is 4.79 Å². The Labute approximate surface area is 119 Å². The predicted molar refractivity (Wildman–Crippen MR) is 74.9 cm³/mol. The van der Waals surface area contributed by atoms with Crippen LogP contribution in [0.15, 0.2) is 6.20 Å². The van der Waals surface area contributed by atoms with Crippen LogP contribution in [0.2, 0.25) is 0 Å². The first-order valence-corrected chi connectivity index (χ1v) is 7.56. The molecule has 0 radical (unpaired) electrons. The number of hydrogen-bond acceptors (Lipinski definition) is 4. The number of carbonyl (C=O) groups is 1. The highest BCUT2D eigenvalue weighted by Gasteiger charge is 2.17. The molecule has 1 aliphatic heterocycles. The molecule has 1 fully saturated rings. The summed E-state index contributed by atoms with van der Waals surface area (Å²) < 4.78 is 1.52. The largest absolute Gasteiger partial charge is 0.387 e. The van der Waals surface area contributed by atoms with Crippen LogP contribution < -0.4 is 0 Å². The van der Waals surface area contributed by atoms with E-state index in [1.165, 1.54) is 23.9 Å². The summed E-state index contributed by atoms with van der Waals surface area (Å²) in [5.74, 6) is 0.0920. The van der Waals surface area contributed by atoms with Crippen molar-refractivity contribution in [1.82, 2.24) is 19.9 Å². The average molecular weight is 280 g/mol. The van der Waals surface area contributed by atoms with Gasteiger partial charge < -0.3 is 10.0 Å². The number of aromatic nitrogens is 3. The summed E-state index contributed by atoms with van der Waals surface area (Å²) >= 11 is 0. The summed E-state index contributed by atoms with van der Waals surface area (Å²) in [4.78, 5) is 14.2. The topological polar surface area (TPSA) is 71.2 Å². The van der Waals surface area contributed by atoms with Gasteiger partial charge in [0.05, 0.1) is 12.3 Å². The van der Waals surface area contributed by atoms with E-state index in [2.05, 4.69) is 10.3 Å². The predicted octanol–water partition coefficient (Wildman–Crippen LogP) is 1.51. The Morgan fingerprint density at radius 3 is 2.60 bits per heavy atom. The smallest absolute Gasteiger partial charge is 0.244 e. The van der Waals surface area contributed by atoms with E-state index in [0.717, 1.165) is 25.9 Å². The van der Waals surface area contributed by atoms with E-state index in [9.17, 15) is 9.90 Å². The van der Waals surface area contributed by atoms with Crippen molar-refractivity contribution in [2.24, 2.45) is 0 Å². The van der Waals surface area contributed by atoms with Crippen molar-refractivity contribution in [1.29, 1.82) is 0 Å². The lowest BCUT2D eigenvalue weighted by atomic mass is 10.1. The van der Waals surface area contributed by atoms with E-state index in [1.807, 2.05) is 11.8 Å². The Bertz CT molecular complexity index is 425. The first-order valence-electron chi connectivity index (χ1n) is 7.56. The van der Waals surface area contributed by atoms with Gasteiger partial charge in [0.1, 0.15) is 12.2 Å². The van der Waals surface area contributed by atoms with Gasteiger partial charge in [0.2, 0.25) is 5.91 Å². The lowest BCUT2D eigenvalue weighted by Crippen LogP contribution is -2.36. The van der Waals surface area contributed by atoms with Crippen LogP contribution in [0.5, 0.6) is 0 Å². The third-order valence-electron chi connectivity index (χ3n) is 3.79. The molecule has 1 aliphatic rings. The number of carbonyl (C=O) groups excluding carboxylic acids is 1. The quantitative estimate of drug-likeness (QED) is 0.907. The molecule has 0 aliphatic carbocycles. The number of rotatable bonds is 4. The lowest BCUT2D eigenvalue weighted by Gasteiger charge is -2.24. The third-order valence-corrected chi connectivity index (χ3v) is 3.79. The van der Waals surface area contributed by atoms with Crippen LogP contribution in [0.3, 0.4) is 0 Å². The van der Waals surface area contributed by atoms with E-state index in [1.54, 1.807) is 6.20 Å². The van der Waals surface area contributed by atoms with Crippen LogP contribution in [-0.2, 0) is 11.3 Å². The molecule has 1 saturated heterocycles. The van der Waals surface area contributed by atoms with Gasteiger partial charge in [0.25, 0.3) is 0 Å². The van der Waals surface area contributed by atoms with Crippen LogP contribution in [0.1, 0.15) is 57.2 Å². The summed E-state index contributed by atoms with van der Waals surface area (Å²) in [6.45, 7) is 3.79. The molecule has 112 valence electrons. The standard InChI is InChI=1S/C14H24N4O2/c1-2-13(19)12-10-18(16-15-12)11-14(20)17-8-6-4-3-5-7-9-17/h10,13,19H,2-9,11H2,1H3. The fourth-order valence-electron chi connectivity index (χ4n) is 2.49. The van der Waals surface area contributed by atoms with Gasteiger partial charge in [0, 0.05) is 13.1 Å². The normalized spacial score (nSPS) is 18.4. The number of amides is 1. The van der Waals surface area contributed by atoms with E-state index in [0.29, 0.717) is 12.1 Å². The molecule has 0 spiro atoms. The maximum absolute atomic E-state index is 12.3. The van der Waals surface area contributed by atoms with Gasteiger partial charge in [0.15, 0.2) is 0 Å². The van der Waals surface area contributed by atoms with E-state index in [4.69, 9.17) is 0 Å². The van der Waals surface area contributed by atoms with Crippen molar-refractivity contribution in [3.8, 4) is 0 Å². The van der Waals surface area contributed by atoms with E-state index < -0.39 is 6.10 Å².